The number of methoxy groups -OCH3 is 4. The fourth-order valence-electron chi connectivity index (χ4n) is 4.96. The average molecular weight is 661 g/mol. The normalized spacial score (nSPS) is 13.5. The lowest BCUT2D eigenvalue weighted by Gasteiger charge is -2.12. The average Bonchev–Trinajstić information content (AvgIpc) is 4.02. The molecular weight excluding hydrogens is 624 g/mol. The van der Waals surface area contributed by atoms with E-state index in [0.29, 0.717) is 40.1 Å². The predicted molar refractivity (Wildman–Crippen MR) is 173 cm³/mol. The molecule has 2 aliphatic rings. The lowest BCUT2D eigenvalue weighted by Crippen LogP contribution is -2.29. The highest BCUT2D eigenvalue weighted by Crippen LogP contribution is 2.40. The monoisotopic (exact) mass is 660 g/mol. The van der Waals surface area contributed by atoms with Crippen LogP contribution in [0.1, 0.15) is 76.5 Å². The number of carbonyl (C=O) groups excluding carboxylic acids is 1. The van der Waals surface area contributed by atoms with Crippen molar-refractivity contribution in [3.05, 3.63) is 91.8 Å². The summed E-state index contributed by atoms with van der Waals surface area (Å²) in [5.41, 5.74) is 0.789. The molecule has 48 heavy (non-hydrogen) atoms. The Morgan fingerprint density at radius 1 is 0.688 bits per heavy atom. The van der Waals surface area contributed by atoms with Crippen LogP contribution in [0.15, 0.2) is 58.1 Å². The van der Waals surface area contributed by atoms with Crippen molar-refractivity contribution in [1.29, 1.82) is 0 Å². The largest absolute Gasteiger partial charge is 0.493 e. The number of hydrogen-bond acceptors (Lipinski definition) is 11. The Bertz CT molecular complexity index is 1960. The lowest BCUT2D eigenvalue weighted by molar-refractivity contribution is 0.0522. The minimum Gasteiger partial charge on any atom is -0.493 e. The zero-order valence-corrected chi connectivity index (χ0v) is 27.2. The van der Waals surface area contributed by atoms with Crippen LogP contribution >= 0.6 is 0 Å². The Hall–Kier alpha value is -5.66. The van der Waals surface area contributed by atoms with Crippen molar-refractivity contribution in [3.8, 4) is 34.4 Å². The molecule has 4 aromatic rings. The van der Waals surface area contributed by atoms with Gasteiger partial charge in [0.25, 0.3) is 11.1 Å². The van der Waals surface area contributed by atoms with E-state index in [4.69, 9.17) is 23.7 Å². The van der Waals surface area contributed by atoms with E-state index in [0.717, 1.165) is 36.1 Å². The molecule has 6 rings (SSSR count). The molecule has 0 atom stereocenters. The minimum atomic E-state index is -1.26. The molecule has 2 heterocycles. The molecule has 2 fully saturated rings. The first-order chi connectivity index (χ1) is 23.1. The van der Waals surface area contributed by atoms with Gasteiger partial charge in [-0.25, -0.2) is 9.59 Å². The minimum absolute atomic E-state index is 0.00599. The van der Waals surface area contributed by atoms with Gasteiger partial charge in [0.15, 0.2) is 23.0 Å². The number of carboxylic acids is 1. The van der Waals surface area contributed by atoms with E-state index in [2.05, 4.69) is 10.2 Å². The molecule has 0 radical (unpaired) electrons. The van der Waals surface area contributed by atoms with Crippen LogP contribution in [0.5, 0.6) is 23.0 Å². The van der Waals surface area contributed by atoms with Crippen molar-refractivity contribution < 1.29 is 38.4 Å². The van der Waals surface area contributed by atoms with Gasteiger partial charge in [0.1, 0.15) is 11.1 Å². The molecule has 14 heteroatoms. The standard InChI is InChI=1S/C18H20N2O5.C16H16N2O5/c1-4-25-18(22)13-10-14(11-5-6-11)19-20(17(13)21)12-7-8-15(23-2)16(9-12)24-3;1-22-13-6-5-10(7-14(13)23-2)18-15(19)11(16(20)21)8-12(17-18)9-3-4-9/h7-11H,4-6H2,1-3H3;5-9H,3-4H2,1-2H3,(H,20,21). The number of ether oxygens (including phenoxy) is 5. The van der Waals surface area contributed by atoms with Crippen molar-refractivity contribution in [2.75, 3.05) is 35.0 Å². The smallest absolute Gasteiger partial charge is 0.343 e. The van der Waals surface area contributed by atoms with Crippen molar-refractivity contribution in [3.63, 3.8) is 0 Å². The van der Waals surface area contributed by atoms with E-state index in [-0.39, 0.29) is 29.6 Å². The second kappa shape index (κ2) is 14.4. The van der Waals surface area contributed by atoms with Gasteiger partial charge in [0.05, 0.1) is 57.8 Å². The number of aromatic carboxylic acids is 1. The second-order valence-corrected chi connectivity index (χ2v) is 11.1. The first-order valence-electron chi connectivity index (χ1n) is 15.3. The number of aromatic nitrogens is 4. The van der Waals surface area contributed by atoms with Gasteiger partial charge in [-0.3, -0.25) is 9.59 Å². The lowest BCUT2D eigenvalue weighted by atomic mass is 10.2. The van der Waals surface area contributed by atoms with Crippen LogP contribution in [0, 0.1) is 0 Å². The van der Waals surface area contributed by atoms with Gasteiger partial charge < -0.3 is 28.8 Å². The molecule has 1 N–H and O–H groups in total. The molecule has 2 aliphatic carbocycles. The molecule has 0 saturated heterocycles. The summed E-state index contributed by atoms with van der Waals surface area (Å²) >= 11 is 0. The van der Waals surface area contributed by atoms with Crippen molar-refractivity contribution in [2.45, 2.75) is 44.4 Å². The summed E-state index contributed by atoms with van der Waals surface area (Å²) in [5.74, 6) is 0.583. The van der Waals surface area contributed by atoms with Crippen LogP contribution in [0.4, 0.5) is 0 Å². The van der Waals surface area contributed by atoms with E-state index >= 15 is 0 Å². The zero-order chi connectivity index (χ0) is 34.5. The predicted octanol–water partition coefficient (Wildman–Crippen LogP) is 4.13. The van der Waals surface area contributed by atoms with Crippen molar-refractivity contribution in [2.24, 2.45) is 0 Å². The molecule has 252 valence electrons. The van der Waals surface area contributed by atoms with Crippen LogP contribution < -0.4 is 30.1 Å². The third kappa shape index (κ3) is 7.17. The summed E-state index contributed by atoms with van der Waals surface area (Å²) in [7, 11) is 6.05. The third-order valence-electron chi connectivity index (χ3n) is 7.80. The fourth-order valence-corrected chi connectivity index (χ4v) is 4.96. The van der Waals surface area contributed by atoms with Crippen LogP contribution in [0.25, 0.3) is 11.4 Å². The van der Waals surface area contributed by atoms with E-state index < -0.39 is 23.1 Å². The molecule has 0 unspecified atom stereocenters. The molecule has 14 nitrogen and oxygen atoms in total. The first-order valence-corrected chi connectivity index (χ1v) is 15.3. The van der Waals surface area contributed by atoms with Crippen molar-refractivity contribution >= 4 is 11.9 Å². The number of carbonyl (C=O) groups is 2. The van der Waals surface area contributed by atoms with Gasteiger partial charge >= 0.3 is 11.9 Å². The molecule has 0 amide bonds. The van der Waals surface area contributed by atoms with E-state index in [1.807, 2.05) is 0 Å². The Labute approximate surface area is 275 Å². The highest BCUT2D eigenvalue weighted by atomic mass is 16.5. The van der Waals surface area contributed by atoms with Gasteiger partial charge in [0, 0.05) is 24.0 Å². The number of carboxylic acid groups (broad SMARTS) is 1. The molecule has 2 saturated carbocycles. The Morgan fingerprint density at radius 2 is 1.10 bits per heavy atom. The summed E-state index contributed by atoms with van der Waals surface area (Å²) in [5, 5.41) is 18.0. The zero-order valence-electron chi connectivity index (χ0n) is 27.2. The second-order valence-electron chi connectivity index (χ2n) is 11.1. The molecule has 2 aromatic carbocycles. The highest BCUT2D eigenvalue weighted by molar-refractivity contribution is 5.89. The SMILES string of the molecule is CCOC(=O)c1cc(C2CC2)nn(-c2ccc(OC)c(OC)c2)c1=O.COc1ccc(-n2nc(C3CC3)cc(C(=O)O)c2=O)cc1OC. The van der Waals surface area contributed by atoms with E-state index in [1.54, 1.807) is 49.4 Å². The van der Waals surface area contributed by atoms with Gasteiger partial charge in [-0.2, -0.15) is 19.6 Å². The fraction of sp³-hybridized carbons (Fsp3) is 0.353. The number of nitrogens with zero attached hydrogens (tertiary/aromatic N) is 4. The molecule has 0 spiro atoms. The number of rotatable bonds is 11. The molecule has 0 aliphatic heterocycles. The molecular formula is C34H36N4O10. The summed E-state index contributed by atoms with van der Waals surface area (Å²) in [4.78, 5) is 48.7. The van der Waals surface area contributed by atoms with Gasteiger partial charge in [0.2, 0.25) is 0 Å². The highest BCUT2D eigenvalue weighted by Gasteiger charge is 2.30. The van der Waals surface area contributed by atoms with Crippen molar-refractivity contribution in [1.82, 2.24) is 19.6 Å². The van der Waals surface area contributed by atoms with Crippen LogP contribution in [0.3, 0.4) is 0 Å². The Kier molecular flexibility index (Phi) is 10.1. The Morgan fingerprint density at radius 3 is 1.48 bits per heavy atom. The van der Waals surface area contributed by atoms with Crippen LogP contribution in [-0.4, -0.2) is 71.7 Å². The summed E-state index contributed by atoms with van der Waals surface area (Å²) in [6.45, 7) is 1.91. The number of hydrogen-bond donors (Lipinski definition) is 1. The topological polar surface area (TPSA) is 170 Å². The van der Waals surface area contributed by atoms with E-state index in [9.17, 15) is 24.3 Å². The number of esters is 1. The summed E-state index contributed by atoms with van der Waals surface area (Å²) in [6.07, 6.45) is 3.91. The molecule has 0 bridgehead atoms. The van der Waals surface area contributed by atoms with Crippen LogP contribution in [0.2, 0.25) is 0 Å². The third-order valence-corrected chi connectivity index (χ3v) is 7.80. The Balaban J connectivity index is 0.000000188. The maximum Gasteiger partial charge on any atom is 0.343 e. The van der Waals surface area contributed by atoms with Gasteiger partial charge in [-0.15, -0.1) is 0 Å². The maximum absolute atomic E-state index is 12.8. The summed E-state index contributed by atoms with van der Waals surface area (Å²) in [6, 6.07) is 12.8. The first kappa shape index (κ1) is 33.7. The van der Waals surface area contributed by atoms with Gasteiger partial charge in [-0.1, -0.05) is 0 Å². The summed E-state index contributed by atoms with van der Waals surface area (Å²) < 4.78 is 28.2. The van der Waals surface area contributed by atoms with Crippen LogP contribution in [-0.2, 0) is 4.74 Å². The number of benzene rings is 2. The van der Waals surface area contributed by atoms with E-state index in [1.165, 1.54) is 39.2 Å². The quantitative estimate of drug-likeness (QED) is 0.229. The molecule has 2 aromatic heterocycles. The maximum atomic E-state index is 12.8. The van der Waals surface area contributed by atoms with Gasteiger partial charge in [-0.05, 0) is 69.0 Å².